The molecule has 62 heavy (non-hydrogen) atoms. The summed E-state index contributed by atoms with van der Waals surface area (Å²) in [5.74, 6) is -0.682. The summed E-state index contributed by atoms with van der Waals surface area (Å²) in [5, 5.41) is 121. The van der Waals surface area contributed by atoms with Gasteiger partial charge in [-0.25, -0.2) is 0 Å². The number of ether oxygens (including phenoxy) is 9. The summed E-state index contributed by atoms with van der Waals surface area (Å²) in [4.78, 5) is 12.1. The van der Waals surface area contributed by atoms with Crippen LogP contribution in [-0.4, -0.2) is 231 Å². The lowest BCUT2D eigenvalue weighted by atomic mass is 9.95. The van der Waals surface area contributed by atoms with Gasteiger partial charge in [0.2, 0.25) is 5.91 Å². The van der Waals surface area contributed by atoms with Crippen LogP contribution in [0.25, 0.3) is 0 Å². The zero-order valence-corrected chi connectivity index (χ0v) is 35.4. The molecule has 4 fully saturated rings. The standard InChI is InChI=1S/C39H72N2O21/c1-3-4-5-6-7-10-14-55-37-32(53)34(28(49)23(60-37)18-56-38-31(52)33(27(48)22(17-44)58-38)54-13-11-8-9-12-40)61-39-35(30(51)26(47)21(16-43)59-39)62-36-24(41-19(2)45)29(50)25(46)20(15-42)57-36/h20-39,42-44,46-53H,3-18,40H2,1-2H3,(H,41,45)/t20-,21-,22-,23-,24-,25-,26-,27-,28-,29-,30+,31+,32+,33+,34+,35+,36+,37-,38+,39-/m1/s1. The smallest absolute Gasteiger partial charge is 0.217 e. The van der Waals surface area contributed by atoms with Crippen molar-refractivity contribution < 1.29 is 104 Å². The maximum Gasteiger partial charge on any atom is 0.217 e. The zero-order valence-electron chi connectivity index (χ0n) is 35.4. The van der Waals surface area contributed by atoms with E-state index in [0.717, 1.165) is 51.9 Å². The van der Waals surface area contributed by atoms with E-state index in [9.17, 15) is 61.0 Å². The molecule has 1 amide bonds. The van der Waals surface area contributed by atoms with Crippen LogP contribution in [0.5, 0.6) is 0 Å². The first kappa shape index (κ1) is 53.2. The first-order valence-corrected chi connectivity index (χ1v) is 21.7. The summed E-state index contributed by atoms with van der Waals surface area (Å²) >= 11 is 0. The number of hydrogen-bond donors (Lipinski definition) is 13. The van der Waals surface area contributed by atoms with Gasteiger partial charge in [-0.1, -0.05) is 39.0 Å². The van der Waals surface area contributed by atoms with Crippen LogP contribution in [0.3, 0.4) is 0 Å². The fraction of sp³-hybridized carbons (Fsp3) is 0.974. The highest BCUT2D eigenvalue weighted by atomic mass is 16.8. The topological polar surface area (TPSA) is 361 Å². The molecule has 4 rings (SSSR count). The van der Waals surface area contributed by atoms with E-state index in [1.54, 1.807) is 0 Å². The largest absolute Gasteiger partial charge is 0.394 e. The Bertz CT molecular complexity index is 1270. The van der Waals surface area contributed by atoms with Crippen LogP contribution >= 0.6 is 0 Å². The lowest BCUT2D eigenvalue weighted by Crippen LogP contribution is -2.68. The molecule has 0 aromatic heterocycles. The van der Waals surface area contributed by atoms with Crippen LogP contribution < -0.4 is 11.1 Å². The van der Waals surface area contributed by atoms with E-state index < -0.39 is 155 Å². The number of rotatable bonds is 25. The Labute approximate surface area is 360 Å². The molecule has 20 atom stereocenters. The first-order chi connectivity index (χ1) is 29.7. The lowest BCUT2D eigenvalue weighted by molar-refractivity contribution is -0.385. The van der Waals surface area contributed by atoms with Gasteiger partial charge in [0.05, 0.1) is 26.4 Å². The Kier molecular flexibility index (Phi) is 22.9. The van der Waals surface area contributed by atoms with Gasteiger partial charge in [-0.3, -0.25) is 4.79 Å². The predicted octanol–water partition coefficient (Wildman–Crippen LogP) is -5.07. The van der Waals surface area contributed by atoms with Crippen molar-refractivity contribution in [1.29, 1.82) is 0 Å². The third-order valence-corrected chi connectivity index (χ3v) is 11.5. The quantitative estimate of drug-likeness (QED) is 0.0381. The second kappa shape index (κ2) is 26.7. The highest BCUT2D eigenvalue weighted by molar-refractivity contribution is 5.73. The number of hydrogen-bond acceptors (Lipinski definition) is 22. The van der Waals surface area contributed by atoms with E-state index in [2.05, 4.69) is 12.2 Å². The van der Waals surface area contributed by atoms with Gasteiger partial charge in [-0.15, -0.1) is 0 Å². The van der Waals surface area contributed by atoms with Crippen LogP contribution in [0.4, 0.5) is 0 Å². The normalized spacial score (nSPS) is 41.6. The fourth-order valence-corrected chi connectivity index (χ4v) is 7.85. The van der Waals surface area contributed by atoms with Crippen LogP contribution in [0, 0.1) is 0 Å². The predicted molar refractivity (Wildman–Crippen MR) is 209 cm³/mol. The van der Waals surface area contributed by atoms with Crippen molar-refractivity contribution in [3.8, 4) is 0 Å². The minimum atomic E-state index is -1.95. The van der Waals surface area contributed by atoms with Crippen molar-refractivity contribution in [2.75, 3.05) is 46.2 Å². The molecule has 0 aliphatic carbocycles. The summed E-state index contributed by atoms with van der Waals surface area (Å²) in [6.07, 6.45) is -23.2. The molecule has 0 aromatic rings. The number of nitrogens with two attached hydrogens (primary N) is 1. The highest BCUT2D eigenvalue weighted by Gasteiger charge is 2.55. The molecule has 23 heteroatoms. The van der Waals surface area contributed by atoms with Gasteiger partial charge in [0, 0.05) is 20.1 Å². The van der Waals surface area contributed by atoms with Crippen molar-refractivity contribution in [1.82, 2.24) is 5.32 Å². The molecule has 23 nitrogen and oxygen atoms in total. The van der Waals surface area contributed by atoms with E-state index in [0.29, 0.717) is 19.4 Å². The molecule has 14 N–H and O–H groups in total. The van der Waals surface area contributed by atoms with Crippen molar-refractivity contribution in [2.45, 2.75) is 194 Å². The molecule has 0 spiro atoms. The molecule has 4 aliphatic rings. The first-order valence-electron chi connectivity index (χ1n) is 21.7. The van der Waals surface area contributed by atoms with Crippen molar-refractivity contribution in [2.24, 2.45) is 5.73 Å². The van der Waals surface area contributed by atoms with Gasteiger partial charge in [-0.2, -0.15) is 0 Å². The van der Waals surface area contributed by atoms with Gasteiger partial charge in [0.25, 0.3) is 0 Å². The molecule has 0 aromatic carbocycles. The Morgan fingerprint density at radius 3 is 1.63 bits per heavy atom. The number of carbonyl (C=O) groups excluding carboxylic acids is 1. The second-order valence-electron chi connectivity index (χ2n) is 16.2. The number of unbranched alkanes of at least 4 members (excludes halogenated alkanes) is 7. The summed E-state index contributed by atoms with van der Waals surface area (Å²) in [5.41, 5.74) is 5.56. The summed E-state index contributed by atoms with van der Waals surface area (Å²) in [6.45, 7) is 1.10. The molecule has 364 valence electrons. The molecule has 4 saturated heterocycles. The second-order valence-corrected chi connectivity index (χ2v) is 16.2. The fourth-order valence-electron chi connectivity index (χ4n) is 7.85. The van der Waals surface area contributed by atoms with E-state index in [4.69, 9.17) is 48.4 Å². The summed E-state index contributed by atoms with van der Waals surface area (Å²) in [7, 11) is 0. The van der Waals surface area contributed by atoms with E-state index in [-0.39, 0.29) is 13.2 Å². The van der Waals surface area contributed by atoms with Crippen molar-refractivity contribution in [3.63, 3.8) is 0 Å². The van der Waals surface area contributed by atoms with Crippen LogP contribution in [-0.2, 0) is 47.4 Å². The van der Waals surface area contributed by atoms with Crippen LogP contribution in [0.1, 0.15) is 71.6 Å². The van der Waals surface area contributed by atoms with E-state index in [1.807, 2.05) is 0 Å². The molecular weight excluding hydrogens is 832 g/mol. The number of carbonyl (C=O) groups is 1. The van der Waals surface area contributed by atoms with Gasteiger partial charge >= 0.3 is 0 Å². The monoisotopic (exact) mass is 904 g/mol. The van der Waals surface area contributed by atoms with Crippen molar-refractivity contribution >= 4 is 5.91 Å². The average molecular weight is 905 g/mol. The number of aliphatic hydroxyl groups is 11. The Morgan fingerprint density at radius 1 is 0.516 bits per heavy atom. The van der Waals surface area contributed by atoms with Gasteiger partial charge in [0.1, 0.15) is 97.6 Å². The summed E-state index contributed by atoms with van der Waals surface area (Å²) in [6, 6.07) is -1.50. The van der Waals surface area contributed by atoms with E-state index in [1.165, 1.54) is 0 Å². The van der Waals surface area contributed by atoms with Gasteiger partial charge < -0.3 is 110 Å². The highest BCUT2D eigenvalue weighted by Crippen LogP contribution is 2.34. The van der Waals surface area contributed by atoms with E-state index >= 15 is 0 Å². The Morgan fingerprint density at radius 2 is 1.00 bits per heavy atom. The molecule has 0 saturated carbocycles. The Hall–Kier alpha value is -1.37. The molecule has 0 bridgehead atoms. The Balaban J connectivity index is 1.57. The van der Waals surface area contributed by atoms with Gasteiger partial charge in [-0.05, 0) is 32.2 Å². The molecule has 0 radical (unpaired) electrons. The van der Waals surface area contributed by atoms with Crippen LogP contribution in [0.2, 0.25) is 0 Å². The number of nitrogens with one attached hydrogen (secondary N) is 1. The number of amides is 1. The molecular formula is C39H72N2O21. The molecule has 4 aliphatic heterocycles. The molecule has 0 unspecified atom stereocenters. The zero-order chi connectivity index (χ0) is 45.5. The SMILES string of the molecule is CCCCCCCCO[C@@H]1O[C@H](CO[C@H]2O[C@H](CO)[C@@H](O)[C@H](OCCCCCN)[C@@H]2O)[C@@H](O)[C@H](O[C@H]2O[C@H](CO)[C@@H](O)[C@H](O)[C@@H]2O[C@@H]2O[C@H](CO)[C@@H](O)[C@H](O)[C@H]2NC(C)=O)[C@@H]1O. The lowest BCUT2D eigenvalue weighted by Gasteiger charge is -2.49. The van der Waals surface area contributed by atoms with Gasteiger partial charge in [0.15, 0.2) is 25.2 Å². The number of aliphatic hydroxyl groups excluding tert-OH is 11. The average Bonchev–Trinajstić information content (AvgIpc) is 3.25. The molecule has 4 heterocycles. The maximum atomic E-state index is 12.1. The summed E-state index contributed by atoms with van der Waals surface area (Å²) < 4.78 is 52.8. The van der Waals surface area contributed by atoms with Crippen molar-refractivity contribution in [3.05, 3.63) is 0 Å². The third kappa shape index (κ3) is 14.1. The minimum Gasteiger partial charge on any atom is -0.394 e. The van der Waals surface area contributed by atoms with Crippen LogP contribution in [0.15, 0.2) is 0 Å². The minimum absolute atomic E-state index is 0.113. The maximum absolute atomic E-state index is 12.1. The third-order valence-electron chi connectivity index (χ3n) is 11.5.